The van der Waals surface area contributed by atoms with Crippen molar-refractivity contribution in [1.82, 2.24) is 0 Å². The van der Waals surface area contributed by atoms with Crippen LogP contribution in [-0.4, -0.2) is 25.7 Å². The highest BCUT2D eigenvalue weighted by Gasteiger charge is 2.12. The number of nitrogens with zero attached hydrogens (tertiary/aromatic N) is 1. The van der Waals surface area contributed by atoms with E-state index in [4.69, 9.17) is 4.74 Å². The molecule has 1 aromatic rings. The first-order valence-corrected chi connectivity index (χ1v) is 7.00. The zero-order chi connectivity index (χ0) is 13.5. The minimum Gasteiger partial charge on any atom is -0.463 e. The summed E-state index contributed by atoms with van der Waals surface area (Å²) in [5.74, 6) is -0.282. The van der Waals surface area contributed by atoms with Crippen LogP contribution in [0.3, 0.4) is 0 Å². The van der Waals surface area contributed by atoms with Gasteiger partial charge in [-0.2, -0.15) is 0 Å². The molecule has 1 heterocycles. The molecule has 102 valence electrons. The van der Waals surface area contributed by atoms with Gasteiger partial charge in [-0.1, -0.05) is 18.2 Å². The van der Waals surface area contributed by atoms with Crippen LogP contribution in [0, 0.1) is 0 Å². The molecule has 0 amide bonds. The van der Waals surface area contributed by atoms with Crippen LogP contribution in [0.25, 0.3) is 6.08 Å². The number of ether oxygens (including phenoxy) is 1. The molecule has 19 heavy (non-hydrogen) atoms. The minimum absolute atomic E-state index is 0.282. The third-order valence-electron chi connectivity index (χ3n) is 3.32. The van der Waals surface area contributed by atoms with E-state index in [1.807, 2.05) is 31.2 Å². The maximum atomic E-state index is 11.4. The van der Waals surface area contributed by atoms with Crippen molar-refractivity contribution in [2.75, 3.05) is 24.6 Å². The molecule has 1 aliphatic heterocycles. The van der Waals surface area contributed by atoms with Gasteiger partial charge in [0.25, 0.3) is 0 Å². The Balaban J connectivity index is 2.13. The van der Waals surface area contributed by atoms with Gasteiger partial charge in [0.2, 0.25) is 0 Å². The molecule has 0 radical (unpaired) electrons. The number of para-hydroxylation sites is 1. The Bertz CT molecular complexity index is 448. The fourth-order valence-electron chi connectivity index (χ4n) is 2.40. The Labute approximate surface area is 114 Å². The topological polar surface area (TPSA) is 29.5 Å². The third-order valence-corrected chi connectivity index (χ3v) is 3.32. The largest absolute Gasteiger partial charge is 0.463 e. The predicted molar refractivity (Wildman–Crippen MR) is 78.2 cm³/mol. The molecule has 2 rings (SSSR count). The summed E-state index contributed by atoms with van der Waals surface area (Å²) in [6, 6.07) is 8.21. The smallest absolute Gasteiger partial charge is 0.330 e. The zero-order valence-electron chi connectivity index (χ0n) is 11.5. The average Bonchev–Trinajstić information content (AvgIpc) is 2.47. The molecule has 0 spiro atoms. The average molecular weight is 259 g/mol. The Morgan fingerprint density at radius 2 is 2.00 bits per heavy atom. The number of esters is 1. The van der Waals surface area contributed by atoms with Crippen molar-refractivity contribution in [2.24, 2.45) is 0 Å². The molecular weight excluding hydrogens is 238 g/mol. The number of anilines is 1. The van der Waals surface area contributed by atoms with E-state index in [1.54, 1.807) is 0 Å². The van der Waals surface area contributed by atoms with Crippen LogP contribution < -0.4 is 4.90 Å². The van der Waals surface area contributed by atoms with Crippen molar-refractivity contribution < 1.29 is 9.53 Å². The van der Waals surface area contributed by atoms with E-state index in [0.29, 0.717) is 6.61 Å². The van der Waals surface area contributed by atoms with E-state index in [-0.39, 0.29) is 5.97 Å². The van der Waals surface area contributed by atoms with Crippen molar-refractivity contribution in [3.8, 4) is 0 Å². The number of hydrogen-bond acceptors (Lipinski definition) is 3. The summed E-state index contributed by atoms with van der Waals surface area (Å²) in [5.41, 5.74) is 2.29. The standard InChI is InChI=1S/C16H21NO2/c1-2-19-16(18)11-10-14-8-4-5-9-15(14)17-12-6-3-7-13-17/h4-5,8-11H,2-3,6-7,12-13H2,1H3. The van der Waals surface area contributed by atoms with Gasteiger partial charge in [0.15, 0.2) is 0 Å². The van der Waals surface area contributed by atoms with Gasteiger partial charge in [-0.05, 0) is 43.9 Å². The van der Waals surface area contributed by atoms with Gasteiger partial charge in [0.05, 0.1) is 6.61 Å². The van der Waals surface area contributed by atoms with Crippen LogP contribution in [-0.2, 0) is 9.53 Å². The van der Waals surface area contributed by atoms with Crippen molar-refractivity contribution in [3.63, 3.8) is 0 Å². The lowest BCUT2D eigenvalue weighted by atomic mass is 10.1. The molecule has 3 nitrogen and oxygen atoms in total. The molecule has 0 unspecified atom stereocenters. The number of benzene rings is 1. The van der Waals surface area contributed by atoms with Gasteiger partial charge in [-0.25, -0.2) is 4.79 Å². The molecule has 0 bridgehead atoms. The molecule has 0 atom stereocenters. The second kappa shape index (κ2) is 6.98. The summed E-state index contributed by atoms with van der Waals surface area (Å²) >= 11 is 0. The van der Waals surface area contributed by atoms with E-state index in [1.165, 1.54) is 31.0 Å². The second-order valence-electron chi connectivity index (χ2n) is 4.69. The zero-order valence-corrected chi connectivity index (χ0v) is 11.5. The lowest BCUT2D eigenvalue weighted by Gasteiger charge is -2.30. The van der Waals surface area contributed by atoms with Crippen LogP contribution in [0.15, 0.2) is 30.3 Å². The maximum Gasteiger partial charge on any atom is 0.330 e. The molecule has 3 heteroatoms. The highest BCUT2D eigenvalue weighted by Crippen LogP contribution is 2.25. The lowest BCUT2D eigenvalue weighted by molar-refractivity contribution is -0.137. The molecule has 0 aliphatic carbocycles. The first-order valence-electron chi connectivity index (χ1n) is 7.00. The summed E-state index contributed by atoms with van der Waals surface area (Å²) in [6.07, 6.45) is 7.16. The number of carbonyl (C=O) groups excluding carboxylic acids is 1. The highest BCUT2D eigenvalue weighted by molar-refractivity contribution is 5.88. The first kappa shape index (κ1) is 13.7. The van der Waals surface area contributed by atoms with E-state index in [0.717, 1.165) is 18.7 Å². The molecule has 0 saturated carbocycles. The molecule has 1 aromatic carbocycles. The molecule has 1 aliphatic rings. The highest BCUT2D eigenvalue weighted by atomic mass is 16.5. The van der Waals surface area contributed by atoms with Gasteiger partial charge in [-0.3, -0.25) is 0 Å². The second-order valence-corrected chi connectivity index (χ2v) is 4.69. The van der Waals surface area contributed by atoms with Crippen LogP contribution in [0.1, 0.15) is 31.7 Å². The van der Waals surface area contributed by atoms with E-state index in [2.05, 4.69) is 11.0 Å². The molecule has 1 saturated heterocycles. The Hall–Kier alpha value is -1.77. The minimum atomic E-state index is -0.282. The quantitative estimate of drug-likeness (QED) is 0.614. The van der Waals surface area contributed by atoms with Gasteiger partial charge in [0.1, 0.15) is 0 Å². The maximum absolute atomic E-state index is 11.4. The Kier molecular flexibility index (Phi) is 5.01. The van der Waals surface area contributed by atoms with Crippen molar-refractivity contribution in [2.45, 2.75) is 26.2 Å². The number of rotatable bonds is 4. The van der Waals surface area contributed by atoms with E-state index >= 15 is 0 Å². The van der Waals surface area contributed by atoms with Gasteiger partial charge in [0, 0.05) is 24.9 Å². The van der Waals surface area contributed by atoms with Crippen LogP contribution >= 0.6 is 0 Å². The summed E-state index contributed by atoms with van der Waals surface area (Å²) in [7, 11) is 0. The van der Waals surface area contributed by atoms with Gasteiger partial charge >= 0.3 is 5.97 Å². The molecule has 0 N–H and O–H groups in total. The molecular formula is C16H21NO2. The van der Waals surface area contributed by atoms with Crippen molar-refractivity contribution in [1.29, 1.82) is 0 Å². The van der Waals surface area contributed by atoms with Crippen LogP contribution in [0.4, 0.5) is 5.69 Å². The van der Waals surface area contributed by atoms with Crippen LogP contribution in [0.5, 0.6) is 0 Å². The number of carbonyl (C=O) groups is 1. The summed E-state index contributed by atoms with van der Waals surface area (Å²) in [4.78, 5) is 13.8. The summed E-state index contributed by atoms with van der Waals surface area (Å²) in [6.45, 7) is 4.43. The summed E-state index contributed by atoms with van der Waals surface area (Å²) < 4.78 is 4.91. The third kappa shape index (κ3) is 3.85. The van der Waals surface area contributed by atoms with E-state index < -0.39 is 0 Å². The fourth-order valence-corrected chi connectivity index (χ4v) is 2.40. The van der Waals surface area contributed by atoms with Gasteiger partial charge in [-0.15, -0.1) is 0 Å². The lowest BCUT2D eigenvalue weighted by Crippen LogP contribution is -2.29. The SMILES string of the molecule is CCOC(=O)C=Cc1ccccc1N1CCCCC1. The van der Waals surface area contributed by atoms with Crippen molar-refractivity contribution >= 4 is 17.7 Å². The fraction of sp³-hybridized carbons (Fsp3) is 0.438. The van der Waals surface area contributed by atoms with Gasteiger partial charge < -0.3 is 9.64 Å². The first-order chi connectivity index (χ1) is 9.31. The predicted octanol–water partition coefficient (Wildman–Crippen LogP) is 3.25. The number of hydrogen-bond donors (Lipinski definition) is 0. The van der Waals surface area contributed by atoms with E-state index in [9.17, 15) is 4.79 Å². The van der Waals surface area contributed by atoms with Crippen LogP contribution in [0.2, 0.25) is 0 Å². The Morgan fingerprint density at radius 1 is 1.26 bits per heavy atom. The summed E-state index contributed by atoms with van der Waals surface area (Å²) in [5, 5.41) is 0. The number of piperidine rings is 1. The molecule has 0 aromatic heterocycles. The normalized spacial score (nSPS) is 15.7. The Morgan fingerprint density at radius 3 is 2.74 bits per heavy atom. The molecule has 1 fully saturated rings. The monoisotopic (exact) mass is 259 g/mol. The van der Waals surface area contributed by atoms with Crippen molar-refractivity contribution in [3.05, 3.63) is 35.9 Å².